The third-order valence-corrected chi connectivity index (χ3v) is 4.89. The predicted molar refractivity (Wildman–Crippen MR) is 111 cm³/mol. The Kier molecular flexibility index (Phi) is 6.26. The van der Waals surface area contributed by atoms with E-state index in [9.17, 15) is 9.59 Å². The standard InChI is InChI=1S/C22H22ClN3O2/c1-15-3-6-18(13-16(15)2)20(27)9-10-22(28)25-21-11-12-24-26(21)14-17-4-7-19(23)8-5-17/h3-8,11-13H,9-10,14H2,1-2H3,(H,25,28). The molecule has 0 spiro atoms. The van der Waals surface area contributed by atoms with Gasteiger partial charge in [-0.15, -0.1) is 0 Å². The Balaban J connectivity index is 1.56. The minimum atomic E-state index is -0.213. The van der Waals surface area contributed by atoms with E-state index in [1.54, 1.807) is 16.9 Å². The second-order valence-electron chi connectivity index (χ2n) is 6.77. The summed E-state index contributed by atoms with van der Waals surface area (Å²) < 4.78 is 1.70. The Labute approximate surface area is 169 Å². The maximum atomic E-state index is 12.3. The zero-order chi connectivity index (χ0) is 20.1. The highest BCUT2D eigenvalue weighted by molar-refractivity contribution is 6.30. The average molecular weight is 396 g/mol. The summed E-state index contributed by atoms with van der Waals surface area (Å²) in [5, 5.41) is 7.75. The fourth-order valence-corrected chi connectivity index (χ4v) is 2.95. The summed E-state index contributed by atoms with van der Waals surface area (Å²) in [7, 11) is 0. The number of hydrogen-bond acceptors (Lipinski definition) is 3. The van der Waals surface area contributed by atoms with Gasteiger partial charge in [-0.25, -0.2) is 4.68 Å². The summed E-state index contributed by atoms with van der Waals surface area (Å²) in [4.78, 5) is 24.6. The van der Waals surface area contributed by atoms with Crippen LogP contribution in [0.2, 0.25) is 5.02 Å². The number of anilines is 1. The van der Waals surface area contributed by atoms with E-state index < -0.39 is 0 Å². The Hall–Kier alpha value is -2.92. The molecule has 1 heterocycles. The molecular formula is C22H22ClN3O2. The van der Waals surface area contributed by atoms with Gasteiger partial charge in [-0.1, -0.05) is 35.9 Å². The summed E-state index contributed by atoms with van der Waals surface area (Å²) in [5.41, 5.74) is 3.88. The number of hydrogen-bond donors (Lipinski definition) is 1. The van der Waals surface area contributed by atoms with Crippen molar-refractivity contribution in [3.63, 3.8) is 0 Å². The van der Waals surface area contributed by atoms with Crippen molar-refractivity contribution in [2.45, 2.75) is 33.2 Å². The molecule has 0 unspecified atom stereocenters. The van der Waals surface area contributed by atoms with Gasteiger partial charge in [0.1, 0.15) is 5.82 Å². The van der Waals surface area contributed by atoms with E-state index in [1.165, 1.54) is 0 Å². The number of aromatic nitrogens is 2. The van der Waals surface area contributed by atoms with Crippen molar-refractivity contribution < 1.29 is 9.59 Å². The fraction of sp³-hybridized carbons (Fsp3) is 0.227. The summed E-state index contributed by atoms with van der Waals surface area (Å²) >= 11 is 5.91. The van der Waals surface area contributed by atoms with E-state index in [2.05, 4.69) is 10.4 Å². The smallest absolute Gasteiger partial charge is 0.225 e. The van der Waals surface area contributed by atoms with Gasteiger partial charge < -0.3 is 5.32 Å². The monoisotopic (exact) mass is 395 g/mol. The van der Waals surface area contributed by atoms with Crippen LogP contribution in [0.3, 0.4) is 0 Å². The van der Waals surface area contributed by atoms with E-state index in [0.29, 0.717) is 22.9 Å². The number of carbonyl (C=O) groups excluding carboxylic acids is 2. The lowest BCUT2D eigenvalue weighted by molar-refractivity contribution is -0.116. The lowest BCUT2D eigenvalue weighted by atomic mass is 10.0. The number of ketones is 1. The van der Waals surface area contributed by atoms with Crippen molar-refractivity contribution >= 4 is 29.1 Å². The van der Waals surface area contributed by atoms with Gasteiger partial charge in [0.05, 0.1) is 12.7 Å². The fourth-order valence-electron chi connectivity index (χ4n) is 2.82. The molecule has 6 heteroatoms. The molecule has 0 aliphatic carbocycles. The van der Waals surface area contributed by atoms with Crippen LogP contribution in [-0.4, -0.2) is 21.5 Å². The number of amides is 1. The van der Waals surface area contributed by atoms with Gasteiger partial charge >= 0.3 is 0 Å². The molecule has 1 amide bonds. The van der Waals surface area contributed by atoms with Gasteiger partial charge in [-0.05, 0) is 48.7 Å². The number of nitrogens with zero attached hydrogens (tertiary/aromatic N) is 2. The Morgan fingerprint density at radius 2 is 1.75 bits per heavy atom. The van der Waals surface area contributed by atoms with E-state index in [4.69, 9.17) is 11.6 Å². The third kappa shape index (κ3) is 5.08. The van der Waals surface area contributed by atoms with Crippen molar-refractivity contribution in [3.8, 4) is 0 Å². The molecule has 0 atom stereocenters. The summed E-state index contributed by atoms with van der Waals surface area (Å²) in [6, 6.07) is 14.8. The normalized spacial score (nSPS) is 10.7. The van der Waals surface area contributed by atoms with Crippen LogP contribution in [0.1, 0.15) is 39.9 Å². The highest BCUT2D eigenvalue weighted by Gasteiger charge is 2.12. The minimum Gasteiger partial charge on any atom is -0.311 e. The molecule has 144 valence electrons. The molecule has 3 rings (SSSR count). The number of rotatable bonds is 7. The molecule has 0 aliphatic rings. The van der Waals surface area contributed by atoms with Crippen LogP contribution in [0, 0.1) is 13.8 Å². The quantitative estimate of drug-likeness (QED) is 0.584. The first-order chi connectivity index (χ1) is 13.4. The van der Waals surface area contributed by atoms with Gasteiger partial charge in [0, 0.05) is 29.5 Å². The Morgan fingerprint density at radius 1 is 1.00 bits per heavy atom. The SMILES string of the molecule is Cc1ccc(C(=O)CCC(=O)Nc2ccnn2Cc2ccc(Cl)cc2)cc1C. The maximum absolute atomic E-state index is 12.3. The largest absolute Gasteiger partial charge is 0.311 e. The molecule has 0 saturated carbocycles. The van der Waals surface area contributed by atoms with Gasteiger partial charge in [-0.3, -0.25) is 9.59 Å². The molecule has 28 heavy (non-hydrogen) atoms. The summed E-state index contributed by atoms with van der Waals surface area (Å²) in [5.74, 6) is 0.349. The van der Waals surface area contributed by atoms with Crippen molar-refractivity contribution in [2.24, 2.45) is 0 Å². The zero-order valence-electron chi connectivity index (χ0n) is 15.9. The van der Waals surface area contributed by atoms with E-state index in [1.807, 2.05) is 56.3 Å². The molecular weight excluding hydrogens is 374 g/mol. The van der Waals surface area contributed by atoms with Crippen LogP contribution in [-0.2, 0) is 11.3 Å². The average Bonchev–Trinajstić information content (AvgIpc) is 3.10. The highest BCUT2D eigenvalue weighted by atomic mass is 35.5. The lowest BCUT2D eigenvalue weighted by Crippen LogP contribution is -2.17. The van der Waals surface area contributed by atoms with Crippen LogP contribution < -0.4 is 5.32 Å². The van der Waals surface area contributed by atoms with Crippen LogP contribution in [0.25, 0.3) is 0 Å². The zero-order valence-corrected chi connectivity index (χ0v) is 16.7. The number of halogens is 1. The molecule has 1 aromatic heterocycles. The number of nitrogens with one attached hydrogen (secondary N) is 1. The van der Waals surface area contributed by atoms with Crippen molar-refractivity contribution in [3.05, 3.63) is 82.0 Å². The number of aryl methyl sites for hydroxylation is 2. The van der Waals surface area contributed by atoms with Crippen LogP contribution >= 0.6 is 11.6 Å². The predicted octanol–water partition coefficient (Wildman–Crippen LogP) is 4.80. The first kappa shape index (κ1) is 19.8. The van der Waals surface area contributed by atoms with Gasteiger partial charge in [-0.2, -0.15) is 5.10 Å². The molecule has 0 saturated heterocycles. The maximum Gasteiger partial charge on any atom is 0.225 e. The van der Waals surface area contributed by atoms with Crippen LogP contribution in [0.4, 0.5) is 5.82 Å². The Bertz CT molecular complexity index is 993. The molecule has 3 aromatic rings. The second-order valence-corrected chi connectivity index (χ2v) is 7.21. The molecule has 0 fully saturated rings. The molecule has 5 nitrogen and oxygen atoms in total. The molecule has 1 N–H and O–H groups in total. The number of carbonyl (C=O) groups is 2. The van der Waals surface area contributed by atoms with Gasteiger partial charge in [0.2, 0.25) is 5.91 Å². The van der Waals surface area contributed by atoms with E-state index in [0.717, 1.165) is 16.7 Å². The highest BCUT2D eigenvalue weighted by Crippen LogP contribution is 2.15. The van der Waals surface area contributed by atoms with E-state index in [-0.39, 0.29) is 24.5 Å². The van der Waals surface area contributed by atoms with Gasteiger partial charge in [0.25, 0.3) is 0 Å². The first-order valence-electron chi connectivity index (χ1n) is 9.09. The number of Topliss-reactive ketones (excluding diaryl/α,β-unsaturated/α-hetero) is 1. The molecule has 0 aliphatic heterocycles. The minimum absolute atomic E-state index is 0.0343. The molecule has 2 aromatic carbocycles. The van der Waals surface area contributed by atoms with Crippen LogP contribution in [0.5, 0.6) is 0 Å². The first-order valence-corrected chi connectivity index (χ1v) is 9.47. The molecule has 0 bridgehead atoms. The van der Waals surface area contributed by atoms with Crippen molar-refractivity contribution in [2.75, 3.05) is 5.32 Å². The Morgan fingerprint density at radius 3 is 2.46 bits per heavy atom. The third-order valence-electron chi connectivity index (χ3n) is 4.64. The summed E-state index contributed by atoms with van der Waals surface area (Å²) in [6.07, 6.45) is 1.92. The van der Waals surface area contributed by atoms with Crippen molar-refractivity contribution in [1.29, 1.82) is 0 Å². The second kappa shape index (κ2) is 8.85. The van der Waals surface area contributed by atoms with E-state index >= 15 is 0 Å². The summed E-state index contributed by atoms with van der Waals surface area (Å²) in [6.45, 7) is 4.49. The number of benzene rings is 2. The molecule has 0 radical (unpaired) electrons. The lowest BCUT2D eigenvalue weighted by Gasteiger charge is -2.09. The topological polar surface area (TPSA) is 64.0 Å². The van der Waals surface area contributed by atoms with Crippen molar-refractivity contribution in [1.82, 2.24) is 9.78 Å². The van der Waals surface area contributed by atoms with Crippen LogP contribution in [0.15, 0.2) is 54.7 Å². The van der Waals surface area contributed by atoms with Gasteiger partial charge in [0.15, 0.2) is 5.78 Å².